The van der Waals surface area contributed by atoms with Gasteiger partial charge in [-0.3, -0.25) is 4.52 Å². The van der Waals surface area contributed by atoms with Gasteiger partial charge in [0.2, 0.25) is 0 Å². The molecule has 4 heteroatoms. The molecule has 3 nitrogen and oxygen atoms in total. The third kappa shape index (κ3) is 3.29. The van der Waals surface area contributed by atoms with Gasteiger partial charge in [-0.15, -0.1) is 0 Å². The smallest absolute Gasteiger partial charge is 0.411 e. The minimum absolute atomic E-state index is 0.461. The van der Waals surface area contributed by atoms with Crippen LogP contribution in [0.4, 0.5) is 0 Å². The second kappa shape index (κ2) is 7.36. The summed E-state index contributed by atoms with van der Waals surface area (Å²) in [6, 6.07) is 34.5. The maximum atomic E-state index is 14.1. The monoisotopic (exact) mass is 398 g/mol. The van der Waals surface area contributed by atoms with Gasteiger partial charge in [0, 0.05) is 0 Å². The van der Waals surface area contributed by atoms with Crippen LogP contribution in [0.3, 0.4) is 0 Å². The first-order valence-corrected chi connectivity index (χ1v) is 11.1. The molecule has 4 aromatic rings. The number of fused-ring (bicyclic) bond motifs is 3. The van der Waals surface area contributed by atoms with Crippen molar-refractivity contribution < 1.29 is 13.6 Å². The van der Waals surface area contributed by atoms with E-state index in [-0.39, 0.29) is 0 Å². The second-order valence-electron chi connectivity index (χ2n) is 6.90. The summed E-state index contributed by atoms with van der Waals surface area (Å²) in [5.74, 6) is 0.513. The lowest BCUT2D eigenvalue weighted by Crippen LogP contribution is -2.15. The first-order chi connectivity index (χ1) is 14.2. The molecule has 0 N–H and O–H groups in total. The van der Waals surface area contributed by atoms with Gasteiger partial charge >= 0.3 is 7.60 Å². The lowest BCUT2D eigenvalue weighted by atomic mass is 10.1. The molecule has 0 bridgehead atoms. The molecule has 29 heavy (non-hydrogen) atoms. The van der Waals surface area contributed by atoms with Crippen LogP contribution in [0.1, 0.15) is 17.2 Å². The average molecular weight is 398 g/mol. The van der Waals surface area contributed by atoms with Gasteiger partial charge in [-0.25, -0.2) is 4.57 Å². The fourth-order valence-electron chi connectivity index (χ4n) is 3.73. The van der Waals surface area contributed by atoms with E-state index in [9.17, 15) is 4.57 Å². The molecule has 0 saturated carbocycles. The van der Waals surface area contributed by atoms with Crippen LogP contribution in [0.2, 0.25) is 0 Å². The zero-order valence-electron chi connectivity index (χ0n) is 15.6. The highest BCUT2D eigenvalue weighted by Crippen LogP contribution is 2.56. The van der Waals surface area contributed by atoms with Crippen LogP contribution >= 0.6 is 7.60 Å². The van der Waals surface area contributed by atoms with E-state index in [4.69, 9.17) is 9.05 Å². The van der Waals surface area contributed by atoms with Crippen molar-refractivity contribution in [2.45, 2.75) is 6.10 Å². The number of hydrogen-bond acceptors (Lipinski definition) is 3. The second-order valence-corrected chi connectivity index (χ2v) is 8.80. The predicted octanol–water partition coefficient (Wildman–Crippen LogP) is 6.37. The van der Waals surface area contributed by atoms with Crippen molar-refractivity contribution in [1.29, 1.82) is 0 Å². The van der Waals surface area contributed by atoms with Crippen LogP contribution in [-0.4, -0.2) is 0 Å². The first-order valence-electron chi connectivity index (χ1n) is 9.51. The van der Waals surface area contributed by atoms with Crippen molar-refractivity contribution in [3.05, 3.63) is 120 Å². The average Bonchev–Trinajstić information content (AvgIpc) is 3.09. The molecule has 0 heterocycles. The number of hydrogen-bond donors (Lipinski definition) is 0. The van der Waals surface area contributed by atoms with Gasteiger partial charge in [0.25, 0.3) is 0 Å². The SMILES string of the molecule is O=[P@](Oc1ccccc1)(OC1c2ccccc2-c2ccccc21)c1ccccc1. The molecular weight excluding hydrogens is 379 g/mol. The summed E-state index contributed by atoms with van der Waals surface area (Å²) < 4.78 is 26.5. The van der Waals surface area contributed by atoms with E-state index in [2.05, 4.69) is 12.1 Å². The molecule has 1 aliphatic rings. The Kier molecular flexibility index (Phi) is 4.55. The molecule has 1 aliphatic carbocycles. The molecule has 1 atom stereocenters. The Bertz CT molecular complexity index is 1140. The molecule has 0 spiro atoms. The molecule has 0 fully saturated rings. The van der Waals surface area contributed by atoms with Crippen molar-refractivity contribution in [3.8, 4) is 16.9 Å². The summed E-state index contributed by atoms with van der Waals surface area (Å²) >= 11 is 0. The van der Waals surface area contributed by atoms with Crippen LogP contribution in [0.15, 0.2) is 109 Å². The molecule has 0 amide bonds. The molecule has 5 rings (SSSR count). The fraction of sp³-hybridized carbons (Fsp3) is 0.0400. The zero-order valence-corrected chi connectivity index (χ0v) is 16.5. The van der Waals surface area contributed by atoms with Gasteiger partial charge in [-0.2, -0.15) is 0 Å². The normalized spacial score (nSPS) is 14.6. The van der Waals surface area contributed by atoms with Crippen molar-refractivity contribution in [3.63, 3.8) is 0 Å². The Balaban J connectivity index is 1.61. The summed E-state index contributed by atoms with van der Waals surface area (Å²) in [6.07, 6.45) is -0.461. The highest BCUT2D eigenvalue weighted by molar-refractivity contribution is 7.62. The maximum Gasteiger partial charge on any atom is 0.411 e. The molecule has 4 aromatic carbocycles. The van der Waals surface area contributed by atoms with E-state index in [1.165, 1.54) is 0 Å². The van der Waals surface area contributed by atoms with Crippen molar-refractivity contribution >= 4 is 12.9 Å². The van der Waals surface area contributed by atoms with E-state index in [1.54, 1.807) is 24.3 Å². The minimum atomic E-state index is -3.65. The highest BCUT2D eigenvalue weighted by atomic mass is 31.2. The Morgan fingerprint density at radius 1 is 0.586 bits per heavy atom. The minimum Gasteiger partial charge on any atom is -0.421 e. The van der Waals surface area contributed by atoms with E-state index < -0.39 is 13.7 Å². The highest BCUT2D eigenvalue weighted by Gasteiger charge is 2.38. The number of benzene rings is 4. The van der Waals surface area contributed by atoms with Crippen LogP contribution in [0.25, 0.3) is 11.1 Å². The van der Waals surface area contributed by atoms with Gasteiger partial charge in [-0.05, 0) is 46.5 Å². The third-order valence-electron chi connectivity index (χ3n) is 5.06. The quantitative estimate of drug-likeness (QED) is 0.367. The largest absolute Gasteiger partial charge is 0.421 e. The van der Waals surface area contributed by atoms with Crippen LogP contribution in [0.5, 0.6) is 5.75 Å². The standard InChI is InChI=1S/C25H19O3P/c26-29(20-13-5-2-6-14-20,27-19-11-3-1-4-12-19)28-25-23-17-9-7-15-21(23)22-16-8-10-18-24(22)25/h1-18,25H/t29-/m1/s1. The predicted molar refractivity (Wildman–Crippen MR) is 116 cm³/mol. The molecule has 0 unspecified atom stereocenters. The lowest BCUT2D eigenvalue weighted by molar-refractivity contribution is 0.223. The van der Waals surface area contributed by atoms with Crippen LogP contribution in [-0.2, 0) is 9.09 Å². The molecule has 142 valence electrons. The molecule has 0 radical (unpaired) electrons. The Labute approximate surface area is 170 Å². The lowest BCUT2D eigenvalue weighted by Gasteiger charge is -2.24. The van der Waals surface area contributed by atoms with Gasteiger partial charge < -0.3 is 4.52 Å². The van der Waals surface area contributed by atoms with E-state index >= 15 is 0 Å². The Morgan fingerprint density at radius 3 is 1.66 bits per heavy atom. The van der Waals surface area contributed by atoms with Crippen LogP contribution in [0, 0.1) is 0 Å². The number of rotatable bonds is 5. The first kappa shape index (κ1) is 17.9. The van der Waals surface area contributed by atoms with E-state index in [0.717, 1.165) is 22.3 Å². The summed E-state index contributed by atoms with van der Waals surface area (Å²) in [4.78, 5) is 0. The summed E-state index contributed by atoms with van der Waals surface area (Å²) in [5, 5.41) is 0.533. The topological polar surface area (TPSA) is 35.5 Å². The molecular formula is C25H19O3P. The third-order valence-corrected chi connectivity index (χ3v) is 6.93. The fourth-order valence-corrected chi connectivity index (χ4v) is 5.44. The van der Waals surface area contributed by atoms with E-state index in [1.807, 2.05) is 72.8 Å². The maximum absolute atomic E-state index is 14.1. The van der Waals surface area contributed by atoms with Crippen molar-refractivity contribution in [1.82, 2.24) is 0 Å². The molecule has 0 saturated heterocycles. The van der Waals surface area contributed by atoms with Crippen molar-refractivity contribution in [2.24, 2.45) is 0 Å². The van der Waals surface area contributed by atoms with Crippen LogP contribution < -0.4 is 9.83 Å². The molecule has 0 aromatic heterocycles. The Hall–Kier alpha value is -3.13. The zero-order chi connectivity index (χ0) is 19.7. The summed E-state index contributed by atoms with van der Waals surface area (Å²) in [7, 11) is -3.65. The summed E-state index contributed by atoms with van der Waals surface area (Å²) in [6.45, 7) is 0. The van der Waals surface area contributed by atoms with Gasteiger partial charge in [0.15, 0.2) is 0 Å². The molecule has 0 aliphatic heterocycles. The van der Waals surface area contributed by atoms with Gasteiger partial charge in [0.05, 0.1) is 5.30 Å². The van der Waals surface area contributed by atoms with Crippen molar-refractivity contribution in [2.75, 3.05) is 0 Å². The van der Waals surface area contributed by atoms with Gasteiger partial charge in [0.1, 0.15) is 11.9 Å². The summed E-state index contributed by atoms with van der Waals surface area (Å²) in [5.41, 5.74) is 4.21. The number of para-hydroxylation sites is 1. The Morgan fingerprint density at radius 2 is 1.07 bits per heavy atom. The van der Waals surface area contributed by atoms with E-state index in [0.29, 0.717) is 11.1 Å². The van der Waals surface area contributed by atoms with Gasteiger partial charge in [-0.1, -0.05) is 84.9 Å².